The third kappa shape index (κ3) is 6.41. The van der Waals surface area contributed by atoms with E-state index in [0.717, 1.165) is 17.7 Å². The summed E-state index contributed by atoms with van der Waals surface area (Å²) in [6.45, 7) is 2.71. The number of hydrogen-bond donors (Lipinski definition) is 1. The van der Waals surface area contributed by atoms with Gasteiger partial charge in [-0.25, -0.2) is 5.06 Å². The van der Waals surface area contributed by atoms with Gasteiger partial charge in [0.25, 0.3) is 5.60 Å². The SMILES string of the molecule is Cc1cc(C2=NOC(c3cc(Cl)cc(Cl)c3)(C(F)(F)F)C2)ccc1C(N)=O.O=C1CCON1Cc1ccccc1. The molecule has 1 unspecified atom stereocenters. The van der Waals surface area contributed by atoms with Crippen LogP contribution in [0.2, 0.25) is 10.0 Å². The van der Waals surface area contributed by atoms with Gasteiger partial charge in [0, 0.05) is 27.6 Å². The van der Waals surface area contributed by atoms with Gasteiger partial charge in [-0.2, -0.15) is 13.2 Å². The molecule has 0 radical (unpaired) electrons. The van der Waals surface area contributed by atoms with Crippen molar-refractivity contribution in [2.24, 2.45) is 10.9 Å². The Balaban J connectivity index is 0.000000236. The van der Waals surface area contributed by atoms with E-state index >= 15 is 0 Å². The predicted octanol–water partition coefficient (Wildman–Crippen LogP) is 6.33. The molecular weight excluding hydrogens is 570 g/mol. The van der Waals surface area contributed by atoms with E-state index < -0.39 is 24.1 Å². The summed E-state index contributed by atoms with van der Waals surface area (Å²) in [5.41, 5.74) is 4.70. The molecule has 0 saturated carbocycles. The standard InChI is InChI=1S/C18H13Cl2F3N2O2.C10H11NO2/c1-9-4-10(2-3-14(9)16(24)26)15-8-17(27-25-15,18(21,22)23)11-5-12(19)7-13(20)6-11;12-10-6-7-13-11(10)8-9-4-2-1-3-5-9/h2-7H,8H2,1H3,(H2,24,26);1-5H,6-8H2. The molecule has 7 nitrogen and oxygen atoms in total. The second-order valence-corrected chi connectivity index (χ2v) is 10.1. The van der Waals surface area contributed by atoms with Crippen LogP contribution < -0.4 is 5.73 Å². The number of nitrogens with two attached hydrogens (primary N) is 1. The molecule has 40 heavy (non-hydrogen) atoms. The number of hydroxylamine groups is 2. The first-order chi connectivity index (χ1) is 18.9. The van der Waals surface area contributed by atoms with Crippen LogP contribution in [-0.2, 0) is 26.6 Å². The average Bonchev–Trinajstić information content (AvgIpc) is 3.52. The number of nitrogens with zero attached hydrogens (tertiary/aromatic N) is 2. The summed E-state index contributed by atoms with van der Waals surface area (Å²) in [6.07, 6.45) is -4.83. The van der Waals surface area contributed by atoms with Crippen molar-refractivity contribution in [1.29, 1.82) is 0 Å². The lowest BCUT2D eigenvalue weighted by molar-refractivity contribution is -0.275. The number of primary amides is 1. The van der Waals surface area contributed by atoms with Crippen molar-refractivity contribution in [2.45, 2.75) is 38.1 Å². The topological polar surface area (TPSA) is 94.2 Å². The van der Waals surface area contributed by atoms with Crippen LogP contribution in [0.5, 0.6) is 0 Å². The van der Waals surface area contributed by atoms with E-state index in [4.69, 9.17) is 38.6 Å². The highest BCUT2D eigenvalue weighted by atomic mass is 35.5. The van der Waals surface area contributed by atoms with Crippen LogP contribution in [0.25, 0.3) is 0 Å². The van der Waals surface area contributed by atoms with Crippen LogP contribution in [-0.4, -0.2) is 35.4 Å². The number of carbonyl (C=O) groups excluding carboxylic acids is 2. The van der Waals surface area contributed by atoms with E-state index in [1.807, 2.05) is 30.3 Å². The van der Waals surface area contributed by atoms with E-state index in [-0.39, 0.29) is 32.8 Å². The molecule has 3 aromatic rings. The minimum absolute atomic E-state index is 0.0554. The van der Waals surface area contributed by atoms with E-state index in [9.17, 15) is 22.8 Å². The van der Waals surface area contributed by atoms with Gasteiger partial charge in [-0.15, -0.1) is 0 Å². The summed E-state index contributed by atoms with van der Waals surface area (Å²) in [4.78, 5) is 32.6. The second kappa shape index (κ2) is 11.9. The van der Waals surface area contributed by atoms with E-state index in [0.29, 0.717) is 30.7 Å². The molecule has 0 bridgehead atoms. The molecule has 1 fully saturated rings. The minimum Gasteiger partial charge on any atom is -0.374 e. The number of carbonyl (C=O) groups is 2. The summed E-state index contributed by atoms with van der Waals surface area (Å²) in [7, 11) is 0. The summed E-state index contributed by atoms with van der Waals surface area (Å²) >= 11 is 11.7. The third-order valence-corrected chi connectivity index (χ3v) is 6.79. The van der Waals surface area contributed by atoms with Gasteiger partial charge in [-0.3, -0.25) is 14.4 Å². The Bertz CT molecular complexity index is 1430. The molecule has 3 aromatic carbocycles. The van der Waals surface area contributed by atoms with Crippen LogP contribution in [0.1, 0.15) is 45.5 Å². The monoisotopic (exact) mass is 593 g/mol. The first kappa shape index (κ1) is 29.4. The maximum Gasteiger partial charge on any atom is 0.435 e. The molecule has 2 aliphatic rings. The van der Waals surface area contributed by atoms with Gasteiger partial charge in [-0.1, -0.05) is 64.8 Å². The lowest BCUT2D eigenvalue weighted by Gasteiger charge is -2.29. The molecule has 2 aliphatic heterocycles. The molecule has 2 amide bonds. The van der Waals surface area contributed by atoms with Crippen LogP contribution in [0.15, 0.2) is 71.9 Å². The van der Waals surface area contributed by atoms with Gasteiger partial charge in [0.2, 0.25) is 11.8 Å². The van der Waals surface area contributed by atoms with Crippen LogP contribution in [0, 0.1) is 6.92 Å². The molecule has 210 valence electrons. The number of hydrogen-bond acceptors (Lipinski definition) is 5. The summed E-state index contributed by atoms with van der Waals surface area (Å²) in [6, 6.07) is 17.9. The van der Waals surface area contributed by atoms with Crippen molar-refractivity contribution < 1.29 is 32.4 Å². The number of amides is 2. The van der Waals surface area contributed by atoms with Gasteiger partial charge < -0.3 is 10.6 Å². The number of benzene rings is 3. The molecular formula is C28H24Cl2F3N3O4. The highest BCUT2D eigenvalue weighted by Gasteiger charge is 2.62. The maximum atomic E-state index is 14.0. The molecule has 1 atom stereocenters. The zero-order valence-corrected chi connectivity index (χ0v) is 22.7. The Labute approximate surface area is 238 Å². The normalized spacial score (nSPS) is 18.6. The quantitative estimate of drug-likeness (QED) is 0.374. The third-order valence-electron chi connectivity index (χ3n) is 6.35. The van der Waals surface area contributed by atoms with Gasteiger partial charge in [0.05, 0.1) is 25.3 Å². The zero-order valence-electron chi connectivity index (χ0n) is 21.2. The molecule has 1 saturated heterocycles. The van der Waals surface area contributed by atoms with Gasteiger partial charge in [0.15, 0.2) is 0 Å². The number of oxime groups is 1. The molecule has 0 aliphatic carbocycles. The molecule has 0 spiro atoms. The Morgan fingerprint density at radius 1 is 1.07 bits per heavy atom. The first-order valence-electron chi connectivity index (χ1n) is 12.1. The van der Waals surface area contributed by atoms with E-state index in [1.54, 1.807) is 13.0 Å². The average molecular weight is 594 g/mol. The highest BCUT2D eigenvalue weighted by Crippen LogP contribution is 2.49. The predicted molar refractivity (Wildman–Crippen MR) is 144 cm³/mol. The summed E-state index contributed by atoms with van der Waals surface area (Å²) < 4.78 is 41.9. The molecule has 2 N–H and O–H groups in total. The van der Waals surface area contributed by atoms with Gasteiger partial charge in [-0.05, 0) is 53.9 Å². The number of halogens is 5. The van der Waals surface area contributed by atoms with Crippen molar-refractivity contribution in [1.82, 2.24) is 5.06 Å². The Hall–Kier alpha value is -3.60. The minimum atomic E-state index is -4.77. The zero-order chi connectivity index (χ0) is 29.1. The number of alkyl halides is 3. The van der Waals surface area contributed by atoms with Crippen LogP contribution in [0.4, 0.5) is 13.2 Å². The van der Waals surface area contributed by atoms with E-state index in [1.165, 1.54) is 23.3 Å². The van der Waals surface area contributed by atoms with Gasteiger partial charge >= 0.3 is 6.18 Å². The Kier molecular flexibility index (Phi) is 8.72. The summed E-state index contributed by atoms with van der Waals surface area (Å²) in [5, 5.41) is 5.21. The van der Waals surface area contributed by atoms with Gasteiger partial charge in [0.1, 0.15) is 0 Å². The number of rotatable bonds is 5. The van der Waals surface area contributed by atoms with E-state index in [2.05, 4.69) is 5.16 Å². The molecule has 2 heterocycles. The van der Waals surface area contributed by atoms with Crippen molar-refractivity contribution >= 4 is 40.7 Å². The van der Waals surface area contributed by atoms with Crippen LogP contribution in [0.3, 0.4) is 0 Å². The summed E-state index contributed by atoms with van der Waals surface area (Å²) in [5.74, 6) is -0.550. The number of aryl methyl sites for hydroxylation is 1. The fourth-order valence-corrected chi connectivity index (χ4v) is 4.81. The van der Waals surface area contributed by atoms with Crippen molar-refractivity contribution in [2.75, 3.05) is 6.61 Å². The largest absolute Gasteiger partial charge is 0.435 e. The molecule has 12 heteroatoms. The first-order valence-corrected chi connectivity index (χ1v) is 12.8. The van der Waals surface area contributed by atoms with Crippen molar-refractivity contribution in [3.63, 3.8) is 0 Å². The lowest BCUT2D eigenvalue weighted by Crippen LogP contribution is -2.42. The van der Waals surface area contributed by atoms with Crippen LogP contribution >= 0.6 is 23.2 Å². The van der Waals surface area contributed by atoms with Crippen molar-refractivity contribution in [3.05, 3.63) is 105 Å². The molecule has 5 rings (SSSR count). The second-order valence-electron chi connectivity index (χ2n) is 9.18. The maximum absolute atomic E-state index is 14.0. The Morgan fingerprint density at radius 3 is 2.30 bits per heavy atom. The van der Waals surface area contributed by atoms with Crippen molar-refractivity contribution in [3.8, 4) is 0 Å². The fourth-order valence-electron chi connectivity index (χ4n) is 4.29. The lowest BCUT2D eigenvalue weighted by atomic mass is 9.86. The Morgan fingerprint density at radius 2 is 1.75 bits per heavy atom. The molecule has 0 aromatic heterocycles. The smallest absolute Gasteiger partial charge is 0.374 e. The highest BCUT2D eigenvalue weighted by molar-refractivity contribution is 6.34. The fraction of sp³-hybridized carbons (Fsp3) is 0.250.